The molecule has 168 valence electrons. The van der Waals surface area contributed by atoms with Crippen molar-refractivity contribution < 1.29 is 24.3 Å². The molecule has 2 aromatic carbocycles. The first kappa shape index (κ1) is 23.2. The summed E-state index contributed by atoms with van der Waals surface area (Å²) in [5, 5.41) is 9.06. The number of benzene rings is 2. The second-order valence-corrected chi connectivity index (χ2v) is 8.04. The van der Waals surface area contributed by atoms with Crippen molar-refractivity contribution in [2.45, 2.75) is 51.5 Å². The van der Waals surface area contributed by atoms with Crippen LogP contribution in [0.5, 0.6) is 0 Å². The minimum Gasteiger partial charge on any atom is -0.481 e. The Morgan fingerprint density at radius 1 is 0.969 bits per heavy atom. The Labute approximate surface area is 187 Å². The average Bonchev–Trinajstić information content (AvgIpc) is 3.06. The van der Waals surface area contributed by atoms with Crippen LogP contribution in [0.1, 0.15) is 71.7 Å². The highest BCUT2D eigenvalue weighted by atomic mass is 16.4. The van der Waals surface area contributed by atoms with Gasteiger partial charge in [-0.3, -0.25) is 19.2 Å². The topological polar surface area (TPSA) is 118 Å². The molecular weight excluding hydrogens is 408 g/mol. The fourth-order valence-electron chi connectivity index (χ4n) is 4.15. The van der Waals surface area contributed by atoms with Gasteiger partial charge in [-0.05, 0) is 36.1 Å². The molecule has 0 aliphatic heterocycles. The fourth-order valence-corrected chi connectivity index (χ4v) is 4.15. The van der Waals surface area contributed by atoms with Gasteiger partial charge in [0, 0.05) is 29.7 Å². The first-order valence-corrected chi connectivity index (χ1v) is 10.9. The van der Waals surface area contributed by atoms with E-state index in [0.29, 0.717) is 17.5 Å². The van der Waals surface area contributed by atoms with Crippen molar-refractivity contribution in [2.75, 3.05) is 6.54 Å². The number of carboxylic acids is 1. The molecule has 3 rings (SSSR count). The normalized spacial score (nSPS) is 12.7. The van der Waals surface area contributed by atoms with Crippen LogP contribution in [0.2, 0.25) is 0 Å². The molecule has 0 radical (unpaired) electrons. The molecule has 2 aromatic rings. The molecule has 1 atom stereocenters. The van der Waals surface area contributed by atoms with Crippen molar-refractivity contribution in [3.05, 3.63) is 59.2 Å². The number of aliphatic carboxylic acids is 1. The zero-order chi connectivity index (χ0) is 23.3. The zero-order valence-electron chi connectivity index (χ0n) is 18.2. The van der Waals surface area contributed by atoms with Crippen LogP contribution in [-0.4, -0.2) is 46.2 Å². The van der Waals surface area contributed by atoms with Crippen molar-refractivity contribution in [3.63, 3.8) is 0 Å². The van der Waals surface area contributed by atoms with Gasteiger partial charge in [-0.25, -0.2) is 0 Å². The van der Waals surface area contributed by atoms with Crippen LogP contribution in [0.15, 0.2) is 42.5 Å². The van der Waals surface area contributed by atoms with E-state index in [-0.39, 0.29) is 30.7 Å². The van der Waals surface area contributed by atoms with E-state index in [0.717, 1.165) is 30.4 Å². The lowest BCUT2D eigenvalue weighted by Gasteiger charge is -2.30. The van der Waals surface area contributed by atoms with Gasteiger partial charge < -0.3 is 15.7 Å². The standard InChI is InChI=1S/C25H28N2O5/c1-2-3-4-7-14-27(21(24(26)31)12-13-22(28)29)25(32)16-10-11-18-17-8-5-6-9-19(17)23(30)20(18)15-16/h5-6,8-11,15,21H,2-4,7,12-14H2,1H3,(H2,26,31)(H,28,29)/t21-/m0/s1. The van der Waals surface area contributed by atoms with E-state index in [2.05, 4.69) is 6.92 Å². The van der Waals surface area contributed by atoms with Crippen molar-refractivity contribution in [3.8, 4) is 11.1 Å². The van der Waals surface area contributed by atoms with E-state index < -0.39 is 23.8 Å². The van der Waals surface area contributed by atoms with Gasteiger partial charge in [0.05, 0.1) is 0 Å². The molecule has 3 N–H and O–H groups in total. The fraction of sp³-hybridized carbons (Fsp3) is 0.360. The quantitative estimate of drug-likeness (QED) is 0.445. The number of carbonyl (C=O) groups is 4. The van der Waals surface area contributed by atoms with Gasteiger partial charge in [0.15, 0.2) is 5.78 Å². The summed E-state index contributed by atoms with van der Waals surface area (Å²) < 4.78 is 0. The summed E-state index contributed by atoms with van der Waals surface area (Å²) in [5.74, 6) is -2.37. The molecule has 0 saturated heterocycles. The van der Waals surface area contributed by atoms with Crippen molar-refractivity contribution in [1.82, 2.24) is 4.90 Å². The van der Waals surface area contributed by atoms with Crippen LogP contribution < -0.4 is 5.73 Å². The summed E-state index contributed by atoms with van der Waals surface area (Å²) in [5.41, 5.74) is 8.49. The Morgan fingerprint density at radius 3 is 2.31 bits per heavy atom. The van der Waals surface area contributed by atoms with Crippen LogP contribution >= 0.6 is 0 Å². The summed E-state index contributed by atoms with van der Waals surface area (Å²) in [6.45, 7) is 2.36. The number of amides is 2. The lowest BCUT2D eigenvalue weighted by molar-refractivity contribution is -0.137. The molecule has 1 aliphatic carbocycles. The van der Waals surface area contributed by atoms with Crippen LogP contribution in [0, 0.1) is 0 Å². The maximum absolute atomic E-state index is 13.4. The summed E-state index contributed by atoms with van der Waals surface area (Å²) >= 11 is 0. The number of hydrogen-bond donors (Lipinski definition) is 2. The summed E-state index contributed by atoms with van der Waals surface area (Å²) in [7, 11) is 0. The molecule has 2 amide bonds. The summed E-state index contributed by atoms with van der Waals surface area (Å²) in [6.07, 6.45) is 3.22. The predicted octanol–water partition coefficient (Wildman–Crippen LogP) is 3.64. The Bertz CT molecular complexity index is 1050. The van der Waals surface area contributed by atoms with Gasteiger partial charge in [-0.2, -0.15) is 0 Å². The molecular formula is C25H28N2O5. The van der Waals surface area contributed by atoms with Crippen molar-refractivity contribution in [1.29, 1.82) is 0 Å². The third-order valence-corrected chi connectivity index (χ3v) is 5.82. The Kier molecular flexibility index (Phi) is 7.41. The van der Waals surface area contributed by atoms with Gasteiger partial charge in [0.25, 0.3) is 5.91 Å². The van der Waals surface area contributed by atoms with E-state index in [1.165, 1.54) is 4.90 Å². The van der Waals surface area contributed by atoms with Crippen molar-refractivity contribution >= 4 is 23.6 Å². The number of carboxylic acid groups (broad SMARTS) is 1. The molecule has 0 unspecified atom stereocenters. The number of nitrogens with zero attached hydrogens (tertiary/aromatic N) is 1. The number of nitrogens with two attached hydrogens (primary N) is 1. The van der Waals surface area contributed by atoms with Gasteiger partial charge in [-0.15, -0.1) is 0 Å². The number of rotatable bonds is 11. The highest BCUT2D eigenvalue weighted by molar-refractivity contribution is 6.22. The molecule has 7 heteroatoms. The van der Waals surface area contributed by atoms with Crippen LogP contribution in [0.3, 0.4) is 0 Å². The number of carbonyl (C=O) groups excluding carboxylic acids is 3. The minimum atomic E-state index is -1.06. The maximum Gasteiger partial charge on any atom is 0.303 e. The minimum absolute atomic E-state index is 0.0561. The predicted molar refractivity (Wildman–Crippen MR) is 120 cm³/mol. The van der Waals surface area contributed by atoms with Crippen LogP contribution in [0.4, 0.5) is 0 Å². The smallest absolute Gasteiger partial charge is 0.303 e. The summed E-state index contributed by atoms with van der Waals surface area (Å²) in [6, 6.07) is 11.2. The van der Waals surface area contributed by atoms with Gasteiger partial charge in [0.2, 0.25) is 5.91 Å². The Morgan fingerprint density at radius 2 is 1.66 bits per heavy atom. The van der Waals surface area contributed by atoms with Gasteiger partial charge in [-0.1, -0.05) is 56.5 Å². The second-order valence-electron chi connectivity index (χ2n) is 8.04. The van der Waals surface area contributed by atoms with Gasteiger partial charge >= 0.3 is 5.97 Å². The molecule has 0 aromatic heterocycles. The molecule has 0 fully saturated rings. The molecule has 0 heterocycles. The molecule has 0 saturated carbocycles. The maximum atomic E-state index is 13.4. The number of hydrogen-bond acceptors (Lipinski definition) is 4. The Hall–Kier alpha value is -3.48. The summed E-state index contributed by atoms with van der Waals surface area (Å²) in [4.78, 5) is 50.9. The monoisotopic (exact) mass is 436 g/mol. The third-order valence-electron chi connectivity index (χ3n) is 5.82. The van der Waals surface area contributed by atoms with E-state index in [4.69, 9.17) is 10.8 Å². The van der Waals surface area contributed by atoms with Crippen LogP contribution in [0.25, 0.3) is 11.1 Å². The van der Waals surface area contributed by atoms with E-state index in [1.54, 1.807) is 30.3 Å². The highest BCUT2D eigenvalue weighted by Crippen LogP contribution is 2.37. The molecule has 0 bridgehead atoms. The van der Waals surface area contributed by atoms with Gasteiger partial charge in [0.1, 0.15) is 6.04 Å². The van der Waals surface area contributed by atoms with Crippen LogP contribution in [-0.2, 0) is 9.59 Å². The van der Waals surface area contributed by atoms with Crippen molar-refractivity contribution in [2.24, 2.45) is 5.73 Å². The van der Waals surface area contributed by atoms with E-state index in [9.17, 15) is 19.2 Å². The molecule has 7 nitrogen and oxygen atoms in total. The lowest BCUT2D eigenvalue weighted by Crippen LogP contribution is -2.48. The number of fused-ring (bicyclic) bond motifs is 3. The van der Waals surface area contributed by atoms with E-state index >= 15 is 0 Å². The SMILES string of the molecule is CCCCCCN(C(=O)c1ccc2c(c1)C(=O)c1ccccc1-2)[C@@H](CCC(=O)O)C(N)=O. The number of primary amides is 1. The first-order chi connectivity index (χ1) is 15.3. The second kappa shape index (κ2) is 10.2. The molecule has 1 aliphatic rings. The van der Waals surface area contributed by atoms with E-state index in [1.807, 2.05) is 12.1 Å². The highest BCUT2D eigenvalue weighted by Gasteiger charge is 2.31. The first-order valence-electron chi connectivity index (χ1n) is 10.9. The Balaban J connectivity index is 1.91. The largest absolute Gasteiger partial charge is 0.481 e. The average molecular weight is 437 g/mol. The molecule has 32 heavy (non-hydrogen) atoms. The third kappa shape index (κ3) is 4.88. The number of unbranched alkanes of at least 4 members (excludes halogenated alkanes) is 3. The lowest BCUT2D eigenvalue weighted by atomic mass is 10.0. The zero-order valence-corrected chi connectivity index (χ0v) is 18.2. The molecule has 0 spiro atoms. The number of ketones is 1.